The number of para-hydroxylation sites is 1. The third-order valence-electron chi connectivity index (χ3n) is 6.83. The van der Waals surface area contributed by atoms with E-state index in [1.807, 2.05) is 33.8 Å². The summed E-state index contributed by atoms with van der Waals surface area (Å²) in [7, 11) is 0. The van der Waals surface area contributed by atoms with Gasteiger partial charge in [0, 0.05) is 25.1 Å². The van der Waals surface area contributed by atoms with Crippen LogP contribution in [0.25, 0.3) is 11.1 Å². The van der Waals surface area contributed by atoms with Crippen molar-refractivity contribution in [1.82, 2.24) is 0 Å². The highest BCUT2D eigenvalue weighted by molar-refractivity contribution is 5.86. The van der Waals surface area contributed by atoms with Gasteiger partial charge in [-0.05, 0) is 78.1 Å². The lowest BCUT2D eigenvalue weighted by Crippen LogP contribution is -2.39. The number of nitrogens with zero attached hydrogens (tertiary/aromatic N) is 1. The van der Waals surface area contributed by atoms with E-state index < -0.39 is 11.8 Å². The Kier molecular flexibility index (Phi) is 4.90. The highest BCUT2D eigenvalue weighted by Gasteiger charge is 2.38. The Bertz CT molecular complexity index is 1230. The summed E-state index contributed by atoms with van der Waals surface area (Å²) >= 11 is 0. The molecule has 168 valence electrons. The van der Waals surface area contributed by atoms with Crippen LogP contribution in [0.2, 0.25) is 0 Å². The molecule has 0 saturated carbocycles. The largest absolute Gasteiger partial charge is 0.336 e. The molecule has 0 spiro atoms. The fourth-order valence-electron chi connectivity index (χ4n) is 5.27. The maximum absolute atomic E-state index is 9.14. The summed E-state index contributed by atoms with van der Waals surface area (Å²) in [6.45, 7) is 19.1. The second-order valence-corrected chi connectivity index (χ2v) is 11.1. The van der Waals surface area contributed by atoms with Crippen molar-refractivity contribution in [2.75, 3.05) is 4.90 Å². The molecular weight excluding hydrogens is 386 g/mol. The van der Waals surface area contributed by atoms with Crippen molar-refractivity contribution >= 4 is 11.4 Å². The zero-order valence-corrected chi connectivity index (χ0v) is 21.2. The molecule has 0 N–H and O–H groups in total. The number of fused-ring (bicyclic) bond motifs is 3. The molecule has 0 radical (unpaired) electrons. The van der Waals surface area contributed by atoms with E-state index in [0.29, 0.717) is 0 Å². The van der Waals surface area contributed by atoms with Gasteiger partial charge in [-0.1, -0.05) is 90.1 Å². The molecule has 0 bridgehead atoms. The molecule has 0 atom stereocenters. The van der Waals surface area contributed by atoms with Gasteiger partial charge in [0.2, 0.25) is 0 Å². The highest BCUT2D eigenvalue weighted by Crippen LogP contribution is 2.52. The van der Waals surface area contributed by atoms with Crippen LogP contribution in [0.4, 0.5) is 11.4 Å². The summed E-state index contributed by atoms with van der Waals surface area (Å²) in [6, 6.07) is 21.6. The summed E-state index contributed by atoms with van der Waals surface area (Å²) in [5.41, 5.74) is 8.87. The Labute approximate surface area is 198 Å². The normalized spacial score (nSPS) is 16.2. The van der Waals surface area contributed by atoms with Crippen LogP contribution in [0.1, 0.15) is 99.1 Å². The topological polar surface area (TPSA) is 3.24 Å². The molecule has 3 aromatic carbocycles. The fourth-order valence-corrected chi connectivity index (χ4v) is 5.27. The maximum atomic E-state index is 9.14. The van der Waals surface area contributed by atoms with Gasteiger partial charge in [-0.2, -0.15) is 0 Å². The minimum atomic E-state index is -0.788. The Morgan fingerprint density at radius 3 is 1.94 bits per heavy atom. The van der Waals surface area contributed by atoms with Crippen molar-refractivity contribution in [1.29, 1.82) is 0 Å². The van der Waals surface area contributed by atoms with E-state index in [0.717, 1.165) is 22.5 Å². The quantitative estimate of drug-likeness (QED) is 0.401. The number of rotatable bonds is 4. The van der Waals surface area contributed by atoms with Gasteiger partial charge in [-0.15, -0.1) is 0 Å². The Morgan fingerprint density at radius 1 is 0.719 bits per heavy atom. The lowest BCUT2D eigenvalue weighted by Gasteiger charge is -2.41. The standard InChI is InChI=1S/C31H39N/c1-20(2)22-14-11-13-17-28(22)32(30(5,6)7)29-19-25-23-15-10-12-16-26(23)31(8,9)27(25)18-24(29)21(3)4/h10-21H,1-9H3/i20D,21D. The lowest BCUT2D eigenvalue weighted by atomic mass is 9.80. The van der Waals surface area contributed by atoms with Crippen LogP contribution in [-0.4, -0.2) is 5.54 Å². The first kappa shape index (κ1) is 20.1. The maximum Gasteiger partial charge on any atom is 0.0457 e. The monoisotopic (exact) mass is 427 g/mol. The number of hydrogen-bond donors (Lipinski definition) is 0. The van der Waals surface area contributed by atoms with Gasteiger partial charge in [-0.25, -0.2) is 0 Å². The molecule has 0 heterocycles. The highest BCUT2D eigenvalue weighted by atomic mass is 15.2. The number of hydrogen-bond acceptors (Lipinski definition) is 1. The minimum absolute atomic E-state index is 0.113. The summed E-state index contributed by atoms with van der Waals surface area (Å²) in [5, 5.41) is 0. The van der Waals surface area contributed by atoms with Gasteiger partial charge in [0.1, 0.15) is 0 Å². The number of anilines is 2. The van der Waals surface area contributed by atoms with Gasteiger partial charge in [-0.3, -0.25) is 0 Å². The van der Waals surface area contributed by atoms with Crippen LogP contribution in [0.3, 0.4) is 0 Å². The van der Waals surface area contributed by atoms with E-state index in [1.165, 1.54) is 22.3 Å². The predicted octanol–water partition coefficient (Wildman–Crippen LogP) is 9.18. The van der Waals surface area contributed by atoms with E-state index in [4.69, 9.17) is 2.74 Å². The van der Waals surface area contributed by atoms with E-state index >= 15 is 0 Å². The zero-order chi connectivity index (χ0) is 25.3. The molecule has 0 aromatic heterocycles. The summed E-state index contributed by atoms with van der Waals surface area (Å²) < 4.78 is 18.0. The van der Waals surface area contributed by atoms with Crippen molar-refractivity contribution in [2.45, 2.75) is 85.1 Å². The van der Waals surface area contributed by atoms with Crippen LogP contribution in [0.5, 0.6) is 0 Å². The summed E-state index contributed by atoms with van der Waals surface area (Å²) in [4.78, 5) is 2.36. The number of benzene rings is 3. The molecule has 0 aliphatic heterocycles. The van der Waals surface area contributed by atoms with Crippen LogP contribution < -0.4 is 4.90 Å². The summed E-state index contributed by atoms with van der Waals surface area (Å²) in [6.07, 6.45) is 0. The SMILES string of the molecule is [2H]C(C)(C)c1ccccc1N(c1cc2c(cc1C([2H])(C)C)C(C)(C)c1ccccc1-2)C(C)(C)C. The van der Waals surface area contributed by atoms with E-state index in [9.17, 15) is 0 Å². The van der Waals surface area contributed by atoms with Crippen molar-refractivity contribution in [3.63, 3.8) is 0 Å². The molecule has 1 aliphatic carbocycles. The summed E-state index contributed by atoms with van der Waals surface area (Å²) in [5.74, 6) is -1.54. The van der Waals surface area contributed by atoms with Crippen molar-refractivity contribution < 1.29 is 2.74 Å². The second kappa shape index (κ2) is 7.80. The third kappa shape index (κ3) is 3.56. The fraction of sp³-hybridized carbons (Fsp3) is 0.419. The first-order valence-electron chi connectivity index (χ1n) is 12.7. The lowest BCUT2D eigenvalue weighted by molar-refractivity contribution is 0.554. The van der Waals surface area contributed by atoms with Crippen molar-refractivity contribution in [3.8, 4) is 11.1 Å². The average Bonchev–Trinajstić information content (AvgIpc) is 2.93. The van der Waals surface area contributed by atoms with Gasteiger partial charge in [0.25, 0.3) is 0 Å². The molecule has 0 unspecified atom stereocenters. The van der Waals surface area contributed by atoms with Crippen LogP contribution >= 0.6 is 0 Å². The van der Waals surface area contributed by atoms with Crippen molar-refractivity contribution in [2.24, 2.45) is 0 Å². The van der Waals surface area contributed by atoms with Gasteiger partial charge in [0.05, 0.1) is 0 Å². The Hall–Kier alpha value is -2.54. The average molecular weight is 428 g/mol. The van der Waals surface area contributed by atoms with Crippen LogP contribution in [0, 0.1) is 0 Å². The molecule has 0 fully saturated rings. The molecule has 32 heavy (non-hydrogen) atoms. The third-order valence-corrected chi connectivity index (χ3v) is 6.83. The van der Waals surface area contributed by atoms with Crippen molar-refractivity contribution in [3.05, 3.63) is 82.9 Å². The smallest absolute Gasteiger partial charge is 0.0457 e. The van der Waals surface area contributed by atoms with E-state index in [-0.39, 0.29) is 11.0 Å². The van der Waals surface area contributed by atoms with Gasteiger partial charge < -0.3 is 4.90 Å². The van der Waals surface area contributed by atoms with E-state index in [1.54, 1.807) is 0 Å². The van der Waals surface area contributed by atoms with Crippen LogP contribution in [-0.2, 0) is 5.41 Å². The zero-order valence-electron chi connectivity index (χ0n) is 23.2. The molecule has 4 rings (SSSR count). The van der Waals surface area contributed by atoms with Gasteiger partial charge >= 0.3 is 0 Å². The van der Waals surface area contributed by atoms with Crippen LogP contribution in [0.15, 0.2) is 60.7 Å². The minimum Gasteiger partial charge on any atom is -0.336 e. The molecule has 0 saturated heterocycles. The molecule has 1 nitrogen and oxygen atoms in total. The van der Waals surface area contributed by atoms with E-state index in [2.05, 4.69) is 94.1 Å². The molecular formula is C31H39N. The second-order valence-electron chi connectivity index (χ2n) is 11.1. The first-order chi connectivity index (χ1) is 15.5. The predicted molar refractivity (Wildman–Crippen MR) is 141 cm³/mol. The molecule has 1 aliphatic rings. The Morgan fingerprint density at radius 2 is 1.31 bits per heavy atom. The molecule has 3 aromatic rings. The molecule has 0 amide bonds. The van der Waals surface area contributed by atoms with Gasteiger partial charge in [0.15, 0.2) is 0 Å². The Balaban J connectivity index is 2.10. The first-order valence-corrected chi connectivity index (χ1v) is 11.7. The molecule has 1 heteroatoms.